The lowest BCUT2D eigenvalue weighted by molar-refractivity contribution is -0.133. The van der Waals surface area contributed by atoms with Gasteiger partial charge in [-0.1, -0.05) is 30.3 Å². The highest BCUT2D eigenvalue weighted by molar-refractivity contribution is 5.76. The summed E-state index contributed by atoms with van der Waals surface area (Å²) in [5.41, 5.74) is 6.50. The topological polar surface area (TPSA) is 55.6 Å². The number of nitrogens with two attached hydrogens (primary N) is 1. The van der Waals surface area contributed by atoms with Crippen molar-refractivity contribution in [1.82, 2.24) is 4.90 Å². The molecular weight excluding hydrogens is 278 g/mol. The maximum atomic E-state index is 12.1. The molecule has 0 aliphatic heterocycles. The summed E-state index contributed by atoms with van der Waals surface area (Å²) in [6, 6.07) is 9.61. The minimum Gasteiger partial charge on any atom is -0.375 e. The Labute approximate surface area is 123 Å². The number of carbonyl (C=O) groups excluding carboxylic acids is 1. The summed E-state index contributed by atoms with van der Waals surface area (Å²) in [6.07, 6.45) is -1.70. The second-order valence-electron chi connectivity index (χ2n) is 4.66. The van der Waals surface area contributed by atoms with Crippen molar-refractivity contribution >= 4 is 5.91 Å². The number of hydrogen-bond acceptors (Lipinski definition) is 3. The van der Waals surface area contributed by atoms with Gasteiger partial charge in [0.2, 0.25) is 5.91 Å². The fourth-order valence-corrected chi connectivity index (χ4v) is 1.87. The van der Waals surface area contributed by atoms with Crippen LogP contribution in [0.15, 0.2) is 30.3 Å². The van der Waals surface area contributed by atoms with E-state index in [1.807, 2.05) is 30.3 Å². The Morgan fingerprint density at radius 2 is 2.00 bits per heavy atom. The fourth-order valence-electron chi connectivity index (χ4n) is 1.87. The van der Waals surface area contributed by atoms with E-state index in [4.69, 9.17) is 10.5 Å². The Bertz CT molecular complexity index is 402. The molecule has 0 heterocycles. The molecule has 0 bridgehead atoms. The number of halogens is 2. The van der Waals surface area contributed by atoms with E-state index in [1.54, 1.807) is 4.90 Å². The molecule has 1 rings (SSSR count). The molecule has 1 aromatic rings. The minimum absolute atomic E-state index is 0.0110. The Kier molecular flexibility index (Phi) is 8.54. The van der Waals surface area contributed by atoms with Gasteiger partial charge in [0.1, 0.15) is 6.61 Å². The zero-order valence-corrected chi connectivity index (χ0v) is 12.0. The standard InChI is InChI=1S/C15H22F2N2O2/c16-14(17)12-21-10-7-15(20)19(9-4-8-18)11-13-5-2-1-3-6-13/h1-3,5-6,14H,4,7-12,18H2. The van der Waals surface area contributed by atoms with Crippen LogP contribution in [-0.4, -0.2) is 43.5 Å². The zero-order chi connectivity index (χ0) is 15.5. The fraction of sp³-hybridized carbons (Fsp3) is 0.533. The average molecular weight is 300 g/mol. The van der Waals surface area contributed by atoms with Crippen LogP contribution >= 0.6 is 0 Å². The molecule has 0 saturated carbocycles. The lowest BCUT2D eigenvalue weighted by Crippen LogP contribution is -2.33. The Hall–Kier alpha value is -1.53. The first-order chi connectivity index (χ1) is 10.1. The van der Waals surface area contributed by atoms with Crippen molar-refractivity contribution in [3.05, 3.63) is 35.9 Å². The SMILES string of the molecule is NCCCN(Cc1ccccc1)C(=O)CCOCC(F)F. The van der Waals surface area contributed by atoms with Crippen LogP contribution in [0.25, 0.3) is 0 Å². The van der Waals surface area contributed by atoms with Crippen LogP contribution in [0.3, 0.4) is 0 Å². The van der Waals surface area contributed by atoms with Crippen molar-refractivity contribution in [2.45, 2.75) is 25.8 Å². The van der Waals surface area contributed by atoms with Crippen LogP contribution in [0.4, 0.5) is 8.78 Å². The molecule has 118 valence electrons. The molecule has 6 heteroatoms. The molecule has 0 aliphatic carbocycles. The van der Waals surface area contributed by atoms with Gasteiger partial charge in [0.05, 0.1) is 13.0 Å². The first kappa shape index (κ1) is 17.5. The molecule has 0 saturated heterocycles. The molecule has 21 heavy (non-hydrogen) atoms. The van der Waals surface area contributed by atoms with Crippen molar-refractivity contribution in [3.63, 3.8) is 0 Å². The third-order valence-electron chi connectivity index (χ3n) is 2.91. The highest BCUT2D eigenvalue weighted by Crippen LogP contribution is 2.07. The second kappa shape index (κ2) is 10.2. The van der Waals surface area contributed by atoms with Gasteiger partial charge in [-0.25, -0.2) is 8.78 Å². The number of carbonyl (C=O) groups is 1. The Balaban J connectivity index is 2.45. The maximum Gasteiger partial charge on any atom is 0.261 e. The van der Waals surface area contributed by atoms with E-state index in [2.05, 4.69) is 0 Å². The summed E-state index contributed by atoms with van der Waals surface area (Å²) in [6.45, 7) is 0.930. The average Bonchev–Trinajstić information content (AvgIpc) is 2.48. The monoisotopic (exact) mass is 300 g/mol. The maximum absolute atomic E-state index is 12.1. The molecule has 0 aromatic heterocycles. The molecule has 1 aromatic carbocycles. The largest absolute Gasteiger partial charge is 0.375 e. The van der Waals surface area contributed by atoms with Crippen LogP contribution in [0.5, 0.6) is 0 Å². The molecule has 0 atom stereocenters. The highest BCUT2D eigenvalue weighted by Gasteiger charge is 2.14. The van der Waals surface area contributed by atoms with E-state index >= 15 is 0 Å². The molecular formula is C15H22F2N2O2. The van der Waals surface area contributed by atoms with Gasteiger partial charge in [-0.2, -0.15) is 0 Å². The van der Waals surface area contributed by atoms with Crippen LogP contribution in [0, 0.1) is 0 Å². The zero-order valence-electron chi connectivity index (χ0n) is 12.0. The van der Waals surface area contributed by atoms with E-state index in [0.29, 0.717) is 26.1 Å². The van der Waals surface area contributed by atoms with E-state index in [9.17, 15) is 13.6 Å². The van der Waals surface area contributed by atoms with Gasteiger partial charge in [0, 0.05) is 13.1 Å². The van der Waals surface area contributed by atoms with Gasteiger partial charge in [0.25, 0.3) is 6.43 Å². The van der Waals surface area contributed by atoms with Gasteiger partial charge in [-0.15, -0.1) is 0 Å². The van der Waals surface area contributed by atoms with E-state index < -0.39 is 13.0 Å². The minimum atomic E-state index is -2.50. The molecule has 0 fully saturated rings. The lowest BCUT2D eigenvalue weighted by Gasteiger charge is -2.22. The Morgan fingerprint density at radius 3 is 2.62 bits per heavy atom. The Morgan fingerprint density at radius 1 is 1.29 bits per heavy atom. The van der Waals surface area contributed by atoms with Gasteiger partial charge < -0.3 is 15.4 Å². The summed E-state index contributed by atoms with van der Waals surface area (Å²) in [5, 5.41) is 0. The van der Waals surface area contributed by atoms with Gasteiger partial charge in [-0.05, 0) is 18.5 Å². The van der Waals surface area contributed by atoms with Gasteiger partial charge in [0.15, 0.2) is 0 Å². The third-order valence-corrected chi connectivity index (χ3v) is 2.91. The molecule has 0 unspecified atom stereocenters. The quantitative estimate of drug-likeness (QED) is 0.673. The number of nitrogens with zero attached hydrogens (tertiary/aromatic N) is 1. The van der Waals surface area contributed by atoms with Crippen LogP contribution in [0.1, 0.15) is 18.4 Å². The van der Waals surface area contributed by atoms with Crippen molar-refractivity contribution in [3.8, 4) is 0 Å². The second-order valence-corrected chi connectivity index (χ2v) is 4.66. The summed E-state index contributed by atoms with van der Waals surface area (Å²) in [5.74, 6) is -0.110. The number of alkyl halides is 2. The van der Waals surface area contributed by atoms with Crippen molar-refractivity contribution in [2.24, 2.45) is 5.73 Å². The number of ether oxygens (including phenoxy) is 1. The third kappa shape index (κ3) is 7.72. The van der Waals surface area contributed by atoms with Gasteiger partial charge >= 0.3 is 0 Å². The smallest absolute Gasteiger partial charge is 0.261 e. The molecule has 0 radical (unpaired) electrons. The van der Waals surface area contributed by atoms with E-state index in [0.717, 1.165) is 5.56 Å². The van der Waals surface area contributed by atoms with Crippen molar-refractivity contribution < 1.29 is 18.3 Å². The molecule has 0 spiro atoms. The van der Waals surface area contributed by atoms with Crippen LogP contribution < -0.4 is 5.73 Å². The summed E-state index contributed by atoms with van der Waals surface area (Å²) in [7, 11) is 0. The summed E-state index contributed by atoms with van der Waals surface area (Å²) >= 11 is 0. The predicted octanol–water partition coefficient (Wildman–Crippen LogP) is 2.04. The first-order valence-corrected chi connectivity index (χ1v) is 7.01. The number of benzene rings is 1. The van der Waals surface area contributed by atoms with Gasteiger partial charge in [-0.3, -0.25) is 4.79 Å². The predicted molar refractivity (Wildman–Crippen MR) is 77.0 cm³/mol. The van der Waals surface area contributed by atoms with Crippen molar-refractivity contribution in [2.75, 3.05) is 26.3 Å². The summed E-state index contributed by atoms with van der Waals surface area (Å²) in [4.78, 5) is 13.8. The molecule has 2 N–H and O–H groups in total. The highest BCUT2D eigenvalue weighted by atomic mass is 19.3. The lowest BCUT2D eigenvalue weighted by atomic mass is 10.2. The number of hydrogen-bond donors (Lipinski definition) is 1. The van der Waals surface area contributed by atoms with Crippen molar-refractivity contribution in [1.29, 1.82) is 0 Å². The first-order valence-electron chi connectivity index (χ1n) is 7.01. The van der Waals surface area contributed by atoms with E-state index in [1.165, 1.54) is 0 Å². The number of amides is 1. The summed E-state index contributed by atoms with van der Waals surface area (Å²) < 4.78 is 28.6. The normalized spacial score (nSPS) is 10.9. The van der Waals surface area contributed by atoms with E-state index in [-0.39, 0.29) is 18.9 Å². The number of rotatable bonds is 10. The van der Waals surface area contributed by atoms with Crippen LogP contribution in [-0.2, 0) is 16.1 Å². The molecule has 1 amide bonds. The van der Waals surface area contributed by atoms with Crippen LogP contribution in [0.2, 0.25) is 0 Å². The molecule has 0 aliphatic rings. The molecule has 4 nitrogen and oxygen atoms in total.